The average molecular weight is 487 g/mol. The summed E-state index contributed by atoms with van der Waals surface area (Å²) in [6, 6.07) is 13.5. The Bertz CT molecular complexity index is 1270. The number of amides is 1. The predicted octanol–water partition coefficient (Wildman–Crippen LogP) is 5.11. The predicted molar refractivity (Wildman–Crippen MR) is 118 cm³/mol. The number of anilines is 1. The number of pyridine rings is 1. The number of ether oxygens (including phenoxy) is 3. The summed E-state index contributed by atoms with van der Waals surface area (Å²) < 4.78 is 56.7. The second-order valence-corrected chi connectivity index (χ2v) is 7.94. The van der Waals surface area contributed by atoms with Gasteiger partial charge < -0.3 is 19.5 Å². The van der Waals surface area contributed by atoms with Gasteiger partial charge in [-0.05, 0) is 42.5 Å². The first-order chi connectivity index (χ1) is 16.3. The number of nitriles is 1. The van der Waals surface area contributed by atoms with Crippen LogP contribution in [0.5, 0.6) is 17.2 Å². The van der Waals surface area contributed by atoms with Crippen LogP contribution in [0.4, 0.5) is 18.9 Å². The normalized spacial score (nSPS) is 12.2. The molecule has 7 nitrogen and oxygen atoms in total. The number of nitrogens with one attached hydrogen (secondary N) is 1. The lowest BCUT2D eigenvalue weighted by molar-refractivity contribution is -0.138. The van der Waals surface area contributed by atoms with Crippen LogP contribution in [0.3, 0.4) is 0 Å². The Labute approximate surface area is 196 Å². The lowest BCUT2D eigenvalue weighted by Crippen LogP contribution is -2.15. The Morgan fingerprint density at radius 3 is 2.59 bits per heavy atom. The van der Waals surface area contributed by atoms with Gasteiger partial charge in [-0.25, -0.2) is 4.98 Å². The summed E-state index contributed by atoms with van der Waals surface area (Å²) in [7, 11) is 1.47. The summed E-state index contributed by atoms with van der Waals surface area (Å²) in [5.74, 6) is 0.798. The van der Waals surface area contributed by atoms with Crippen LogP contribution in [0.15, 0.2) is 53.6 Å². The Morgan fingerprint density at radius 1 is 1.18 bits per heavy atom. The molecule has 0 bridgehead atoms. The minimum atomic E-state index is -4.78. The van der Waals surface area contributed by atoms with E-state index in [4.69, 9.17) is 14.2 Å². The molecule has 0 saturated carbocycles. The van der Waals surface area contributed by atoms with E-state index >= 15 is 0 Å². The summed E-state index contributed by atoms with van der Waals surface area (Å²) in [5.41, 5.74) is -0.887. The standard InChI is InChI=1S/C23H16F3N3O4S/c1-31-15-5-2-13(3-6-15)18-9-17(23(24,25)26)16(10-27)22(29-18)34-11-21(30)28-14-4-7-19-20(8-14)33-12-32-19/h2-9H,11-12H2,1H3,(H,28,30). The van der Waals surface area contributed by atoms with E-state index in [9.17, 15) is 23.2 Å². The van der Waals surface area contributed by atoms with Gasteiger partial charge in [0.05, 0.1) is 29.7 Å². The van der Waals surface area contributed by atoms with E-state index < -0.39 is 23.2 Å². The fourth-order valence-electron chi connectivity index (χ4n) is 3.17. The van der Waals surface area contributed by atoms with Gasteiger partial charge in [-0.3, -0.25) is 4.79 Å². The molecule has 174 valence electrons. The summed E-state index contributed by atoms with van der Waals surface area (Å²) in [6.07, 6.45) is -4.78. The molecular weight excluding hydrogens is 471 g/mol. The van der Waals surface area contributed by atoms with Crippen molar-refractivity contribution in [2.45, 2.75) is 11.2 Å². The van der Waals surface area contributed by atoms with Crippen LogP contribution in [0, 0.1) is 11.3 Å². The fraction of sp³-hybridized carbons (Fsp3) is 0.174. The van der Waals surface area contributed by atoms with Crippen molar-refractivity contribution >= 4 is 23.4 Å². The number of thioether (sulfide) groups is 1. The Balaban J connectivity index is 1.59. The van der Waals surface area contributed by atoms with Crippen molar-refractivity contribution < 1.29 is 32.2 Å². The van der Waals surface area contributed by atoms with Crippen LogP contribution in [-0.2, 0) is 11.0 Å². The van der Waals surface area contributed by atoms with Gasteiger partial charge in [0.25, 0.3) is 0 Å². The molecule has 0 unspecified atom stereocenters. The number of aromatic nitrogens is 1. The van der Waals surface area contributed by atoms with Crippen molar-refractivity contribution in [3.8, 4) is 34.6 Å². The molecule has 11 heteroatoms. The van der Waals surface area contributed by atoms with Crippen molar-refractivity contribution in [3.63, 3.8) is 0 Å². The number of hydrogen-bond acceptors (Lipinski definition) is 7. The zero-order valence-corrected chi connectivity index (χ0v) is 18.4. The number of fused-ring (bicyclic) bond motifs is 1. The zero-order chi connectivity index (χ0) is 24.3. The first-order valence-electron chi connectivity index (χ1n) is 9.77. The van der Waals surface area contributed by atoms with E-state index in [0.717, 1.165) is 17.8 Å². The molecule has 2 aromatic carbocycles. The van der Waals surface area contributed by atoms with Crippen LogP contribution in [-0.4, -0.2) is 30.5 Å². The Morgan fingerprint density at radius 2 is 1.91 bits per heavy atom. The van der Waals surface area contributed by atoms with E-state index in [0.29, 0.717) is 28.5 Å². The third kappa shape index (κ3) is 5.02. The molecule has 0 atom stereocenters. The highest BCUT2D eigenvalue weighted by atomic mass is 32.2. The van der Waals surface area contributed by atoms with Crippen LogP contribution >= 0.6 is 11.8 Å². The van der Waals surface area contributed by atoms with Gasteiger partial charge in [0, 0.05) is 17.3 Å². The highest BCUT2D eigenvalue weighted by Crippen LogP contribution is 2.38. The van der Waals surface area contributed by atoms with Crippen molar-refractivity contribution in [1.29, 1.82) is 5.26 Å². The molecule has 3 aromatic rings. The molecule has 0 saturated heterocycles. The van der Waals surface area contributed by atoms with E-state index in [-0.39, 0.29) is 23.3 Å². The second-order valence-electron chi connectivity index (χ2n) is 6.98. The topological polar surface area (TPSA) is 93.5 Å². The van der Waals surface area contributed by atoms with Gasteiger partial charge in [0.2, 0.25) is 12.7 Å². The van der Waals surface area contributed by atoms with Crippen LogP contribution < -0.4 is 19.5 Å². The van der Waals surface area contributed by atoms with Crippen LogP contribution in [0.2, 0.25) is 0 Å². The van der Waals surface area contributed by atoms with E-state index in [1.807, 2.05) is 0 Å². The van der Waals surface area contributed by atoms with Crippen molar-refractivity contribution in [2.24, 2.45) is 0 Å². The molecule has 1 aliphatic heterocycles. The highest BCUT2D eigenvalue weighted by molar-refractivity contribution is 8.00. The molecule has 0 aliphatic carbocycles. The first kappa shape index (κ1) is 23.3. The quantitative estimate of drug-likeness (QED) is 0.483. The zero-order valence-electron chi connectivity index (χ0n) is 17.6. The smallest absolute Gasteiger partial charge is 0.417 e. The SMILES string of the molecule is COc1ccc(-c2cc(C(F)(F)F)c(C#N)c(SCC(=O)Nc3ccc4c(c3)OCO4)n2)cc1. The number of nitrogens with zero attached hydrogens (tertiary/aromatic N) is 2. The van der Waals surface area contributed by atoms with E-state index in [1.165, 1.54) is 7.11 Å². The Kier molecular flexibility index (Phi) is 6.51. The first-order valence-corrected chi connectivity index (χ1v) is 10.8. The maximum atomic E-state index is 13.7. The molecule has 1 aliphatic rings. The molecule has 2 heterocycles. The van der Waals surface area contributed by atoms with Crippen LogP contribution in [0.1, 0.15) is 11.1 Å². The number of carbonyl (C=O) groups is 1. The largest absolute Gasteiger partial charge is 0.497 e. The van der Waals surface area contributed by atoms with Crippen molar-refractivity contribution in [1.82, 2.24) is 4.98 Å². The monoisotopic (exact) mass is 487 g/mol. The Hall–Kier alpha value is -3.91. The molecule has 1 amide bonds. The van der Waals surface area contributed by atoms with E-state index in [1.54, 1.807) is 48.5 Å². The average Bonchev–Trinajstić information content (AvgIpc) is 3.29. The van der Waals surface area contributed by atoms with Gasteiger partial charge in [-0.2, -0.15) is 18.4 Å². The number of hydrogen-bond donors (Lipinski definition) is 1. The fourth-order valence-corrected chi connectivity index (χ4v) is 3.98. The van der Waals surface area contributed by atoms with Crippen LogP contribution in [0.25, 0.3) is 11.3 Å². The van der Waals surface area contributed by atoms with Gasteiger partial charge in [0.1, 0.15) is 16.8 Å². The number of carbonyl (C=O) groups excluding carboxylic acids is 1. The van der Waals surface area contributed by atoms with E-state index in [2.05, 4.69) is 10.3 Å². The second kappa shape index (κ2) is 9.52. The third-order valence-corrected chi connectivity index (χ3v) is 5.76. The number of halogens is 3. The van der Waals surface area contributed by atoms with Gasteiger partial charge in [-0.1, -0.05) is 11.8 Å². The van der Waals surface area contributed by atoms with Gasteiger partial charge in [-0.15, -0.1) is 0 Å². The number of benzene rings is 2. The summed E-state index contributed by atoms with van der Waals surface area (Å²) in [5, 5.41) is 11.9. The van der Waals surface area contributed by atoms with Gasteiger partial charge >= 0.3 is 6.18 Å². The molecule has 1 N–H and O–H groups in total. The lowest BCUT2D eigenvalue weighted by atomic mass is 10.1. The number of methoxy groups -OCH3 is 1. The molecule has 4 rings (SSSR count). The summed E-state index contributed by atoms with van der Waals surface area (Å²) in [6.45, 7) is 0.0806. The molecule has 0 fully saturated rings. The maximum Gasteiger partial charge on any atom is 0.417 e. The molecule has 34 heavy (non-hydrogen) atoms. The minimum absolute atomic E-state index is 0.0210. The van der Waals surface area contributed by atoms with Crippen molar-refractivity contribution in [3.05, 3.63) is 59.7 Å². The maximum absolute atomic E-state index is 13.7. The number of alkyl halides is 3. The molecule has 1 aromatic heterocycles. The van der Waals surface area contributed by atoms with Gasteiger partial charge in [0.15, 0.2) is 11.5 Å². The summed E-state index contributed by atoms with van der Waals surface area (Å²) in [4.78, 5) is 16.7. The molecule has 0 spiro atoms. The minimum Gasteiger partial charge on any atom is -0.497 e. The van der Waals surface area contributed by atoms with Crippen molar-refractivity contribution in [2.75, 3.05) is 25.0 Å². The molecular formula is C23H16F3N3O4S. The highest BCUT2D eigenvalue weighted by Gasteiger charge is 2.36. The third-order valence-electron chi connectivity index (χ3n) is 4.79. The summed E-state index contributed by atoms with van der Waals surface area (Å²) >= 11 is 0.745. The molecule has 0 radical (unpaired) electrons. The lowest BCUT2D eigenvalue weighted by Gasteiger charge is -2.14. The number of rotatable bonds is 6.